The number of nitrogens with one attached hydrogen (secondary N) is 3. The van der Waals surface area contributed by atoms with Gasteiger partial charge in [-0.2, -0.15) is 4.98 Å². The van der Waals surface area contributed by atoms with Gasteiger partial charge >= 0.3 is 0 Å². The molecule has 10 nitrogen and oxygen atoms in total. The van der Waals surface area contributed by atoms with Crippen LogP contribution in [0.15, 0.2) is 55.3 Å². The van der Waals surface area contributed by atoms with E-state index in [0.717, 1.165) is 42.7 Å². The molecule has 2 heterocycles. The van der Waals surface area contributed by atoms with Crippen LogP contribution in [0.2, 0.25) is 0 Å². The van der Waals surface area contributed by atoms with Crippen molar-refractivity contribution in [3.8, 4) is 5.75 Å². The lowest BCUT2D eigenvalue weighted by Crippen LogP contribution is -2.29. The molecule has 1 saturated carbocycles. The van der Waals surface area contributed by atoms with Gasteiger partial charge in [-0.15, -0.1) is 0 Å². The molecule has 1 aliphatic rings. The Morgan fingerprint density at radius 1 is 1.09 bits per heavy atom. The van der Waals surface area contributed by atoms with Gasteiger partial charge in [0.2, 0.25) is 11.9 Å². The molecule has 45 heavy (non-hydrogen) atoms. The van der Waals surface area contributed by atoms with Crippen LogP contribution in [-0.2, 0) is 11.3 Å². The molecule has 0 aliphatic heterocycles. The summed E-state index contributed by atoms with van der Waals surface area (Å²) >= 11 is 0. The van der Waals surface area contributed by atoms with Crippen LogP contribution < -0.4 is 25.6 Å². The summed E-state index contributed by atoms with van der Waals surface area (Å²) in [6, 6.07) is 12.8. The second-order valence-corrected chi connectivity index (χ2v) is 12.1. The minimum Gasteiger partial charge on any atom is -0.494 e. The number of para-hydroxylation sites is 1. The van der Waals surface area contributed by atoms with Gasteiger partial charge in [0, 0.05) is 55.2 Å². The average Bonchev–Trinajstić information content (AvgIpc) is 3.67. The van der Waals surface area contributed by atoms with Gasteiger partial charge in [0.15, 0.2) is 0 Å². The number of likely N-dealkylation sites (N-methyl/N-ethyl adjacent to an activating group) is 2. The van der Waals surface area contributed by atoms with Gasteiger partial charge in [0.25, 0.3) is 0 Å². The summed E-state index contributed by atoms with van der Waals surface area (Å²) in [6.07, 6.45) is 7.86. The molecule has 0 bridgehead atoms. The summed E-state index contributed by atoms with van der Waals surface area (Å²) < 4.78 is 8.22. The lowest BCUT2D eigenvalue weighted by molar-refractivity contribution is -0.111. The van der Waals surface area contributed by atoms with Crippen LogP contribution >= 0.6 is 0 Å². The SMILES string of the molecule is C=CC(=O)Nc1cc(Nc2ncc3cc(CNc4c(C)cccc4C)n(C4CCCC4)c3n2)c(OC)cc1N(C)CCN(C)C. The van der Waals surface area contributed by atoms with Crippen LogP contribution in [0.5, 0.6) is 5.75 Å². The Balaban J connectivity index is 1.50. The minimum atomic E-state index is -0.289. The number of aromatic nitrogens is 3. The van der Waals surface area contributed by atoms with Crippen LogP contribution in [0.1, 0.15) is 48.5 Å². The summed E-state index contributed by atoms with van der Waals surface area (Å²) in [5, 5.41) is 11.1. The number of ether oxygens (including phenoxy) is 1. The van der Waals surface area contributed by atoms with Crippen molar-refractivity contribution in [2.24, 2.45) is 0 Å². The summed E-state index contributed by atoms with van der Waals surface area (Å²) in [7, 11) is 7.70. The fraction of sp³-hybridized carbons (Fsp3) is 0.400. The van der Waals surface area contributed by atoms with E-state index in [4.69, 9.17) is 9.72 Å². The highest BCUT2D eigenvalue weighted by Crippen LogP contribution is 2.39. The fourth-order valence-corrected chi connectivity index (χ4v) is 6.13. The van der Waals surface area contributed by atoms with Gasteiger partial charge in [0.1, 0.15) is 11.4 Å². The third-order valence-corrected chi connectivity index (χ3v) is 8.57. The Kier molecular flexibility index (Phi) is 9.93. The van der Waals surface area contributed by atoms with Gasteiger partial charge in [-0.3, -0.25) is 4.79 Å². The zero-order chi connectivity index (χ0) is 32.1. The van der Waals surface area contributed by atoms with E-state index in [2.05, 4.69) is 80.0 Å². The number of carbonyl (C=O) groups is 1. The first-order valence-electron chi connectivity index (χ1n) is 15.6. The van der Waals surface area contributed by atoms with E-state index in [-0.39, 0.29) is 5.91 Å². The third-order valence-electron chi connectivity index (χ3n) is 8.57. The molecule has 0 spiro atoms. The predicted molar refractivity (Wildman–Crippen MR) is 185 cm³/mol. The van der Waals surface area contributed by atoms with Gasteiger partial charge in [0.05, 0.1) is 30.7 Å². The second-order valence-electron chi connectivity index (χ2n) is 12.1. The molecule has 5 rings (SSSR count). The predicted octanol–water partition coefficient (Wildman–Crippen LogP) is 6.65. The van der Waals surface area contributed by atoms with Gasteiger partial charge in [-0.25, -0.2) is 4.98 Å². The zero-order valence-electron chi connectivity index (χ0n) is 27.4. The van der Waals surface area contributed by atoms with Gasteiger partial charge < -0.3 is 35.1 Å². The van der Waals surface area contributed by atoms with Crippen LogP contribution in [-0.4, -0.2) is 66.7 Å². The highest BCUT2D eigenvalue weighted by atomic mass is 16.5. The molecule has 3 N–H and O–H groups in total. The first-order chi connectivity index (χ1) is 21.7. The molecular weight excluding hydrogens is 564 g/mol. The third kappa shape index (κ3) is 7.23. The number of nitrogens with zero attached hydrogens (tertiary/aromatic N) is 5. The quantitative estimate of drug-likeness (QED) is 0.145. The largest absolute Gasteiger partial charge is 0.494 e. The Bertz CT molecular complexity index is 1650. The highest BCUT2D eigenvalue weighted by molar-refractivity contribution is 6.02. The Morgan fingerprint density at radius 2 is 1.82 bits per heavy atom. The molecule has 1 aliphatic carbocycles. The first-order valence-corrected chi connectivity index (χ1v) is 15.6. The summed E-state index contributed by atoms with van der Waals surface area (Å²) in [5.41, 5.74) is 7.88. The van der Waals surface area contributed by atoms with Crippen LogP contribution in [0.25, 0.3) is 11.0 Å². The monoisotopic (exact) mass is 610 g/mol. The van der Waals surface area contributed by atoms with E-state index in [9.17, 15) is 4.79 Å². The Hall–Kier alpha value is -4.57. The molecule has 0 atom stereocenters. The lowest BCUT2D eigenvalue weighted by atomic mass is 10.1. The van der Waals surface area contributed by atoms with Crippen molar-refractivity contribution in [1.82, 2.24) is 19.4 Å². The molecular formula is C35H46N8O2. The fourth-order valence-electron chi connectivity index (χ4n) is 6.13. The summed E-state index contributed by atoms with van der Waals surface area (Å²) in [5.74, 6) is 0.788. The molecule has 4 aromatic rings. The summed E-state index contributed by atoms with van der Waals surface area (Å²) in [6.45, 7) is 10.2. The molecule has 0 unspecified atom stereocenters. The standard InChI is InChI=1S/C35H46N8O2/c1-8-32(44)38-28-19-29(31(45-7)20-30(28)42(6)17-16-41(4)5)39-35-37-21-25-18-27(22-36-33-23(2)12-11-13-24(33)3)43(34(25)40-35)26-14-9-10-15-26/h8,11-13,18-21,26,36H,1,9-10,14-17,22H2,2-7H3,(H,38,44)(H,37,39,40). The van der Waals surface area contributed by atoms with E-state index in [1.54, 1.807) is 7.11 Å². The van der Waals surface area contributed by atoms with E-state index in [1.807, 2.05) is 39.5 Å². The Morgan fingerprint density at radius 3 is 2.49 bits per heavy atom. The number of amides is 1. The topological polar surface area (TPSA) is 99.6 Å². The zero-order valence-corrected chi connectivity index (χ0v) is 27.4. The van der Waals surface area contributed by atoms with E-state index >= 15 is 0 Å². The maximum absolute atomic E-state index is 12.4. The molecule has 0 saturated heterocycles. The lowest BCUT2D eigenvalue weighted by Gasteiger charge is -2.26. The minimum absolute atomic E-state index is 0.289. The van der Waals surface area contributed by atoms with Crippen LogP contribution in [0, 0.1) is 13.8 Å². The number of methoxy groups -OCH3 is 1. The Labute approximate surface area is 266 Å². The number of fused-ring (bicyclic) bond motifs is 1. The number of anilines is 5. The maximum atomic E-state index is 12.4. The molecule has 10 heteroatoms. The summed E-state index contributed by atoms with van der Waals surface area (Å²) in [4.78, 5) is 26.3. The molecule has 2 aromatic carbocycles. The molecule has 238 valence electrons. The highest BCUT2D eigenvalue weighted by Gasteiger charge is 2.24. The van der Waals surface area contributed by atoms with Crippen molar-refractivity contribution in [3.05, 3.63) is 72.1 Å². The number of carbonyl (C=O) groups excluding carboxylic acids is 1. The van der Waals surface area contributed by atoms with Crippen molar-refractivity contribution >= 4 is 45.6 Å². The number of aryl methyl sites for hydroxylation is 2. The number of rotatable bonds is 13. The van der Waals surface area contributed by atoms with Gasteiger partial charge in [-0.05, 0) is 70.1 Å². The second kappa shape index (κ2) is 14.0. The van der Waals surface area contributed by atoms with Crippen molar-refractivity contribution in [2.75, 3.05) is 62.2 Å². The molecule has 1 fully saturated rings. The average molecular weight is 611 g/mol. The molecule has 0 radical (unpaired) electrons. The van der Waals surface area contributed by atoms with E-state index in [0.29, 0.717) is 35.7 Å². The maximum Gasteiger partial charge on any atom is 0.247 e. The van der Waals surface area contributed by atoms with Crippen molar-refractivity contribution in [1.29, 1.82) is 0 Å². The van der Waals surface area contributed by atoms with Crippen molar-refractivity contribution in [2.45, 2.75) is 52.1 Å². The van der Waals surface area contributed by atoms with E-state index in [1.165, 1.54) is 41.4 Å². The van der Waals surface area contributed by atoms with Crippen molar-refractivity contribution < 1.29 is 9.53 Å². The smallest absolute Gasteiger partial charge is 0.247 e. The molecule has 1 amide bonds. The van der Waals surface area contributed by atoms with Gasteiger partial charge in [-0.1, -0.05) is 37.6 Å². The number of benzene rings is 2. The first kappa shape index (κ1) is 31.8. The van der Waals surface area contributed by atoms with Crippen molar-refractivity contribution in [3.63, 3.8) is 0 Å². The molecule has 2 aromatic heterocycles. The van der Waals surface area contributed by atoms with E-state index < -0.39 is 0 Å². The number of hydrogen-bond donors (Lipinski definition) is 3. The van der Waals surface area contributed by atoms with Crippen LogP contribution in [0.4, 0.5) is 28.7 Å². The number of hydrogen-bond acceptors (Lipinski definition) is 8. The normalized spacial score (nSPS) is 13.3. The van der Waals surface area contributed by atoms with Crippen LogP contribution in [0.3, 0.4) is 0 Å².